The number of carbonyl (C=O) groups excluding carboxylic acids is 3. The Morgan fingerprint density at radius 2 is 1.82 bits per heavy atom. The molecule has 1 unspecified atom stereocenters. The van der Waals surface area contributed by atoms with E-state index in [4.69, 9.17) is 4.84 Å². The van der Waals surface area contributed by atoms with Crippen LogP contribution >= 0.6 is 0 Å². The maximum atomic E-state index is 12.6. The minimum absolute atomic E-state index is 0.0351. The van der Waals surface area contributed by atoms with Gasteiger partial charge in [0.25, 0.3) is 5.91 Å². The molecular formula is C13H21F3N2O4. The molecule has 0 spiro atoms. The van der Waals surface area contributed by atoms with Crippen molar-refractivity contribution in [3.8, 4) is 0 Å². The predicted octanol–water partition coefficient (Wildman–Crippen LogP) is 1.59. The summed E-state index contributed by atoms with van der Waals surface area (Å²) in [5, 5.41) is 2.44. The smallest absolute Gasteiger partial charge is 0.349 e. The number of alkyl halides is 3. The minimum Gasteiger partial charge on any atom is -0.349 e. The molecule has 9 heteroatoms. The molecule has 0 aromatic heterocycles. The molecule has 6 nitrogen and oxygen atoms in total. The lowest BCUT2D eigenvalue weighted by Gasteiger charge is -2.32. The van der Waals surface area contributed by atoms with E-state index in [0.29, 0.717) is 6.42 Å². The summed E-state index contributed by atoms with van der Waals surface area (Å²) in [6, 6.07) is -2.06. The first-order valence-electron chi connectivity index (χ1n) is 6.73. The van der Waals surface area contributed by atoms with E-state index in [-0.39, 0.29) is 18.0 Å². The summed E-state index contributed by atoms with van der Waals surface area (Å²) in [5.74, 6) is -2.55. The molecule has 1 atom stereocenters. The molecule has 0 saturated heterocycles. The van der Waals surface area contributed by atoms with Gasteiger partial charge in [-0.3, -0.25) is 19.2 Å². The first-order valence-corrected chi connectivity index (χ1v) is 6.73. The van der Waals surface area contributed by atoms with E-state index < -0.39 is 35.9 Å². The van der Waals surface area contributed by atoms with Crippen molar-refractivity contribution in [2.75, 3.05) is 6.54 Å². The number of Topliss-reactive ketones (excluding diaryl/α,β-unsaturated/α-hetero) is 1. The van der Waals surface area contributed by atoms with Crippen LogP contribution in [0, 0.1) is 0 Å². The van der Waals surface area contributed by atoms with E-state index in [9.17, 15) is 27.6 Å². The van der Waals surface area contributed by atoms with Crippen molar-refractivity contribution >= 4 is 18.1 Å². The van der Waals surface area contributed by atoms with Crippen molar-refractivity contribution in [2.45, 2.75) is 58.4 Å². The molecule has 128 valence electrons. The van der Waals surface area contributed by atoms with Gasteiger partial charge in [0.15, 0.2) is 0 Å². The zero-order valence-electron chi connectivity index (χ0n) is 13.0. The fourth-order valence-electron chi connectivity index (χ4n) is 1.47. The van der Waals surface area contributed by atoms with E-state index >= 15 is 0 Å². The Morgan fingerprint density at radius 3 is 2.18 bits per heavy atom. The second-order valence-electron chi connectivity index (χ2n) is 5.62. The lowest BCUT2D eigenvalue weighted by Crippen LogP contribution is -2.51. The number of hydroxylamine groups is 2. The van der Waals surface area contributed by atoms with Crippen molar-refractivity contribution in [1.82, 2.24) is 10.4 Å². The number of rotatable bonds is 8. The fourth-order valence-corrected chi connectivity index (χ4v) is 1.47. The van der Waals surface area contributed by atoms with Gasteiger partial charge < -0.3 is 5.32 Å². The molecule has 0 aliphatic heterocycles. The predicted molar refractivity (Wildman–Crippen MR) is 71.5 cm³/mol. The van der Waals surface area contributed by atoms with Gasteiger partial charge in [0.05, 0.1) is 12.0 Å². The van der Waals surface area contributed by atoms with Gasteiger partial charge in [0, 0.05) is 6.54 Å². The number of carbonyl (C=O) groups is 3. The number of amides is 2. The highest BCUT2D eigenvalue weighted by Crippen LogP contribution is 2.25. The van der Waals surface area contributed by atoms with E-state index in [1.54, 1.807) is 6.92 Å². The zero-order valence-corrected chi connectivity index (χ0v) is 13.0. The van der Waals surface area contributed by atoms with Crippen LogP contribution in [0.2, 0.25) is 0 Å². The van der Waals surface area contributed by atoms with Crippen LogP contribution in [0.1, 0.15) is 40.5 Å². The summed E-state index contributed by atoms with van der Waals surface area (Å²) in [6.45, 7) is 6.35. The van der Waals surface area contributed by atoms with E-state index in [0.717, 1.165) is 0 Å². The average Bonchev–Trinajstić information content (AvgIpc) is 2.36. The van der Waals surface area contributed by atoms with Crippen LogP contribution < -0.4 is 5.32 Å². The number of hydrogen-bond acceptors (Lipinski definition) is 4. The normalized spacial score (nSPS) is 13.4. The number of nitrogens with one attached hydrogen (secondary N) is 1. The molecule has 0 saturated carbocycles. The van der Waals surface area contributed by atoms with Crippen LogP contribution in [-0.4, -0.2) is 47.5 Å². The van der Waals surface area contributed by atoms with Gasteiger partial charge in [-0.05, 0) is 27.2 Å². The highest BCUT2D eigenvalue weighted by molar-refractivity contribution is 6.38. The van der Waals surface area contributed by atoms with Crippen molar-refractivity contribution < 1.29 is 32.4 Å². The molecule has 0 aromatic rings. The second-order valence-corrected chi connectivity index (χ2v) is 5.62. The number of hydrogen-bond donors (Lipinski definition) is 1. The van der Waals surface area contributed by atoms with Crippen LogP contribution in [0.25, 0.3) is 0 Å². The molecule has 2 amide bonds. The molecule has 0 aliphatic carbocycles. The topological polar surface area (TPSA) is 75.7 Å². The fraction of sp³-hybridized carbons (Fsp3) is 0.769. The summed E-state index contributed by atoms with van der Waals surface area (Å²) >= 11 is 0. The van der Waals surface area contributed by atoms with Gasteiger partial charge in [-0.2, -0.15) is 13.2 Å². The number of nitrogens with zero attached hydrogens (tertiary/aromatic N) is 1. The van der Waals surface area contributed by atoms with E-state index in [2.05, 4.69) is 5.32 Å². The molecule has 0 aromatic carbocycles. The third-order valence-electron chi connectivity index (χ3n) is 2.28. The molecule has 0 aliphatic rings. The quantitative estimate of drug-likeness (QED) is 0.417. The Labute approximate surface area is 126 Å². The average molecular weight is 326 g/mol. The van der Waals surface area contributed by atoms with Crippen molar-refractivity contribution in [3.05, 3.63) is 0 Å². The van der Waals surface area contributed by atoms with E-state index in [1.165, 1.54) is 20.8 Å². The third-order valence-corrected chi connectivity index (χ3v) is 2.28. The SMILES string of the molecule is CCCNC(=O)C(=O)C(CC(F)(F)F)N(C=O)OC(C)(C)C. The highest BCUT2D eigenvalue weighted by Gasteiger charge is 2.42. The maximum absolute atomic E-state index is 12.6. The van der Waals surface area contributed by atoms with Crippen LogP contribution in [0.5, 0.6) is 0 Å². The van der Waals surface area contributed by atoms with Crippen LogP contribution in [0.15, 0.2) is 0 Å². The van der Waals surface area contributed by atoms with Crippen LogP contribution in [0.4, 0.5) is 13.2 Å². The summed E-state index contributed by atoms with van der Waals surface area (Å²) < 4.78 is 37.9. The Morgan fingerprint density at radius 1 is 1.27 bits per heavy atom. The lowest BCUT2D eigenvalue weighted by molar-refractivity contribution is -0.244. The molecule has 0 rings (SSSR count). The Balaban J connectivity index is 5.29. The van der Waals surface area contributed by atoms with Crippen LogP contribution in [0.3, 0.4) is 0 Å². The Hall–Kier alpha value is -1.64. The van der Waals surface area contributed by atoms with Gasteiger partial charge in [0.2, 0.25) is 12.2 Å². The number of halogens is 3. The maximum Gasteiger partial charge on any atom is 0.391 e. The van der Waals surface area contributed by atoms with Crippen LogP contribution in [-0.2, 0) is 19.2 Å². The van der Waals surface area contributed by atoms with Gasteiger partial charge in [-0.15, -0.1) is 0 Å². The summed E-state index contributed by atoms with van der Waals surface area (Å²) in [6.07, 6.45) is -5.93. The molecule has 1 N–H and O–H groups in total. The Bertz CT molecular complexity index is 405. The molecule has 0 bridgehead atoms. The van der Waals surface area contributed by atoms with Gasteiger partial charge in [0.1, 0.15) is 6.04 Å². The monoisotopic (exact) mass is 326 g/mol. The standard InChI is InChI=1S/C13H21F3N2O4/c1-5-6-17-11(21)10(20)9(7-13(14,15)16)18(8-19)22-12(2,3)4/h8-9H,5-7H2,1-4H3,(H,17,21). The second kappa shape index (κ2) is 8.11. The molecule has 22 heavy (non-hydrogen) atoms. The zero-order chi connectivity index (χ0) is 17.6. The van der Waals surface area contributed by atoms with Gasteiger partial charge >= 0.3 is 6.18 Å². The first-order chi connectivity index (χ1) is 9.91. The largest absolute Gasteiger partial charge is 0.391 e. The number of ketones is 1. The molecule has 0 fully saturated rings. The Kier molecular flexibility index (Phi) is 7.51. The van der Waals surface area contributed by atoms with Crippen molar-refractivity contribution in [1.29, 1.82) is 0 Å². The van der Waals surface area contributed by atoms with Gasteiger partial charge in [-0.1, -0.05) is 6.92 Å². The van der Waals surface area contributed by atoms with Gasteiger partial charge in [-0.25, -0.2) is 5.06 Å². The highest BCUT2D eigenvalue weighted by atomic mass is 19.4. The molecular weight excluding hydrogens is 305 g/mol. The first kappa shape index (κ1) is 20.4. The summed E-state index contributed by atoms with van der Waals surface area (Å²) in [7, 11) is 0. The summed E-state index contributed by atoms with van der Waals surface area (Å²) in [4.78, 5) is 39.5. The molecule has 0 radical (unpaired) electrons. The van der Waals surface area contributed by atoms with Crippen molar-refractivity contribution in [2.24, 2.45) is 0 Å². The molecule has 0 heterocycles. The van der Waals surface area contributed by atoms with Crippen molar-refractivity contribution in [3.63, 3.8) is 0 Å². The minimum atomic E-state index is -4.74. The lowest BCUT2D eigenvalue weighted by atomic mass is 10.1. The third kappa shape index (κ3) is 7.96. The summed E-state index contributed by atoms with van der Waals surface area (Å²) in [5.41, 5.74) is -1.01. The van der Waals surface area contributed by atoms with E-state index in [1.807, 2.05) is 0 Å².